The first-order valence-electron chi connectivity index (χ1n) is 9.15. The van der Waals surface area contributed by atoms with Crippen molar-refractivity contribution in [3.8, 4) is 0 Å². The molecule has 1 fully saturated rings. The summed E-state index contributed by atoms with van der Waals surface area (Å²) < 4.78 is 14.8. The van der Waals surface area contributed by atoms with Gasteiger partial charge in [0.15, 0.2) is 5.82 Å². The van der Waals surface area contributed by atoms with Crippen molar-refractivity contribution in [3.05, 3.63) is 41.5 Å². The summed E-state index contributed by atoms with van der Waals surface area (Å²) >= 11 is 0. The van der Waals surface area contributed by atoms with Crippen LogP contribution in [0.25, 0.3) is 0 Å². The van der Waals surface area contributed by atoms with Crippen LogP contribution in [0, 0.1) is 11.7 Å². The number of rotatable bonds is 7. The third-order valence-corrected chi connectivity index (χ3v) is 4.74. The van der Waals surface area contributed by atoms with E-state index in [1.165, 1.54) is 12.1 Å². The molecule has 0 bridgehead atoms. The maximum atomic E-state index is 12.9. The molecule has 0 unspecified atom stereocenters. The first-order valence-corrected chi connectivity index (χ1v) is 9.15. The number of aromatic nitrogens is 4. The molecule has 0 saturated carbocycles. The number of aryl methyl sites for hydroxylation is 1. The molecular formula is C18H25FN6O. The quantitative estimate of drug-likeness (QED) is 0.814. The predicted octanol–water partition coefficient (Wildman–Crippen LogP) is 1.75. The van der Waals surface area contributed by atoms with E-state index in [-0.39, 0.29) is 17.6 Å². The molecule has 140 valence electrons. The van der Waals surface area contributed by atoms with Gasteiger partial charge in [0.25, 0.3) is 0 Å². The second-order valence-electron chi connectivity index (χ2n) is 6.71. The van der Waals surface area contributed by atoms with Crippen molar-refractivity contribution in [2.75, 3.05) is 13.1 Å². The van der Waals surface area contributed by atoms with Crippen LogP contribution in [0.4, 0.5) is 4.39 Å². The lowest BCUT2D eigenvalue weighted by molar-refractivity contribution is -0.126. The van der Waals surface area contributed by atoms with Crippen LogP contribution in [0.15, 0.2) is 24.3 Å². The third-order valence-electron chi connectivity index (χ3n) is 4.74. The number of carbonyl (C=O) groups is 1. The Morgan fingerprint density at radius 1 is 1.27 bits per heavy atom. The summed E-state index contributed by atoms with van der Waals surface area (Å²) in [6.45, 7) is 5.79. The molecule has 0 atom stereocenters. The largest absolute Gasteiger partial charge is 0.352 e. The zero-order valence-corrected chi connectivity index (χ0v) is 15.1. The molecule has 2 heterocycles. The van der Waals surface area contributed by atoms with Gasteiger partial charge in [-0.15, -0.1) is 5.10 Å². The minimum atomic E-state index is -0.266. The molecule has 0 aliphatic carbocycles. The number of tetrazole rings is 1. The highest BCUT2D eigenvalue weighted by Gasteiger charge is 2.25. The number of hydrogen-bond acceptors (Lipinski definition) is 5. The van der Waals surface area contributed by atoms with E-state index in [1.807, 2.05) is 4.68 Å². The maximum Gasteiger partial charge on any atom is 0.223 e. The van der Waals surface area contributed by atoms with Gasteiger partial charge in [0.05, 0.1) is 6.54 Å². The maximum absolute atomic E-state index is 12.9. The Hall–Kier alpha value is -2.35. The van der Waals surface area contributed by atoms with Gasteiger partial charge in [0, 0.05) is 19.0 Å². The van der Waals surface area contributed by atoms with Crippen molar-refractivity contribution in [2.24, 2.45) is 5.92 Å². The average Bonchev–Trinajstić information content (AvgIpc) is 3.09. The van der Waals surface area contributed by atoms with E-state index in [0.29, 0.717) is 6.54 Å². The lowest BCUT2D eigenvalue weighted by atomic mass is 9.96. The molecule has 1 aliphatic rings. The summed E-state index contributed by atoms with van der Waals surface area (Å²) in [5.74, 6) is 0.714. The topological polar surface area (TPSA) is 75.9 Å². The Labute approximate surface area is 152 Å². The number of carbonyl (C=O) groups excluding carboxylic acids is 1. The Morgan fingerprint density at radius 3 is 2.69 bits per heavy atom. The lowest BCUT2D eigenvalue weighted by Crippen LogP contribution is -2.40. The molecule has 7 nitrogen and oxygen atoms in total. The molecule has 0 radical (unpaired) electrons. The Morgan fingerprint density at radius 2 is 2.00 bits per heavy atom. The molecular weight excluding hydrogens is 335 g/mol. The van der Waals surface area contributed by atoms with E-state index >= 15 is 0 Å². The SMILES string of the molecule is CCCn1nnnc1CN1CCC(C(=O)NCc2ccc(F)cc2)CC1. The highest BCUT2D eigenvalue weighted by molar-refractivity contribution is 5.78. The molecule has 1 N–H and O–H groups in total. The lowest BCUT2D eigenvalue weighted by Gasteiger charge is -2.30. The summed E-state index contributed by atoms with van der Waals surface area (Å²) in [5.41, 5.74) is 0.903. The molecule has 2 aromatic rings. The van der Waals surface area contributed by atoms with Gasteiger partial charge < -0.3 is 5.32 Å². The molecule has 1 saturated heterocycles. The van der Waals surface area contributed by atoms with Gasteiger partial charge in [0.1, 0.15) is 5.82 Å². The van der Waals surface area contributed by atoms with E-state index < -0.39 is 0 Å². The van der Waals surface area contributed by atoms with Crippen molar-refractivity contribution in [3.63, 3.8) is 0 Å². The van der Waals surface area contributed by atoms with Crippen molar-refractivity contribution in [2.45, 2.75) is 45.8 Å². The highest BCUT2D eigenvalue weighted by Crippen LogP contribution is 2.19. The van der Waals surface area contributed by atoms with Crippen LogP contribution in [-0.4, -0.2) is 44.1 Å². The van der Waals surface area contributed by atoms with Crippen LogP contribution < -0.4 is 5.32 Å². The van der Waals surface area contributed by atoms with Gasteiger partial charge in [-0.1, -0.05) is 19.1 Å². The standard InChI is InChI=1S/C18H25FN6O/c1-2-9-25-17(21-22-23-25)13-24-10-7-15(8-11-24)18(26)20-12-14-3-5-16(19)6-4-14/h3-6,15H,2,7-13H2,1H3,(H,20,26). The minimum Gasteiger partial charge on any atom is -0.352 e. The monoisotopic (exact) mass is 360 g/mol. The Bertz CT molecular complexity index is 709. The fourth-order valence-corrected chi connectivity index (χ4v) is 3.21. The fraction of sp³-hybridized carbons (Fsp3) is 0.556. The minimum absolute atomic E-state index is 0.0262. The zero-order chi connectivity index (χ0) is 18.4. The predicted molar refractivity (Wildman–Crippen MR) is 94.4 cm³/mol. The molecule has 1 amide bonds. The molecule has 1 aromatic heterocycles. The highest BCUT2D eigenvalue weighted by atomic mass is 19.1. The van der Waals surface area contributed by atoms with Crippen molar-refractivity contribution >= 4 is 5.91 Å². The molecule has 26 heavy (non-hydrogen) atoms. The van der Waals surface area contributed by atoms with E-state index in [0.717, 1.165) is 56.8 Å². The van der Waals surface area contributed by atoms with Crippen molar-refractivity contribution < 1.29 is 9.18 Å². The normalized spacial score (nSPS) is 15.9. The number of nitrogens with one attached hydrogen (secondary N) is 1. The summed E-state index contributed by atoms with van der Waals surface area (Å²) in [5, 5.41) is 14.8. The Kier molecular flexibility index (Phi) is 6.27. The van der Waals surface area contributed by atoms with Gasteiger partial charge in [-0.05, 0) is 60.5 Å². The molecule has 1 aliphatic heterocycles. The van der Waals surface area contributed by atoms with Crippen LogP contribution >= 0.6 is 0 Å². The average molecular weight is 360 g/mol. The van der Waals surface area contributed by atoms with E-state index in [1.54, 1.807) is 12.1 Å². The molecule has 3 rings (SSSR count). The second kappa shape index (κ2) is 8.84. The van der Waals surface area contributed by atoms with Crippen LogP contribution in [0.3, 0.4) is 0 Å². The second-order valence-corrected chi connectivity index (χ2v) is 6.71. The van der Waals surface area contributed by atoms with Gasteiger partial charge in [-0.2, -0.15) is 0 Å². The summed E-state index contributed by atoms with van der Waals surface area (Å²) in [7, 11) is 0. The number of halogens is 1. The van der Waals surface area contributed by atoms with E-state index in [4.69, 9.17) is 0 Å². The van der Waals surface area contributed by atoms with Crippen LogP contribution in [-0.2, 0) is 24.4 Å². The summed E-state index contributed by atoms with van der Waals surface area (Å²) in [6, 6.07) is 6.20. The zero-order valence-electron chi connectivity index (χ0n) is 15.1. The number of benzene rings is 1. The Balaban J connectivity index is 1.43. The van der Waals surface area contributed by atoms with Crippen LogP contribution in [0.2, 0.25) is 0 Å². The number of amides is 1. The number of hydrogen-bond donors (Lipinski definition) is 1. The number of nitrogens with zero attached hydrogens (tertiary/aromatic N) is 5. The van der Waals surface area contributed by atoms with E-state index in [9.17, 15) is 9.18 Å². The first-order chi connectivity index (χ1) is 12.7. The number of piperidine rings is 1. The van der Waals surface area contributed by atoms with Crippen molar-refractivity contribution in [1.82, 2.24) is 30.4 Å². The van der Waals surface area contributed by atoms with Crippen LogP contribution in [0.1, 0.15) is 37.6 Å². The summed E-state index contributed by atoms with van der Waals surface area (Å²) in [6.07, 6.45) is 2.64. The van der Waals surface area contributed by atoms with E-state index in [2.05, 4.69) is 32.7 Å². The molecule has 8 heteroatoms. The van der Waals surface area contributed by atoms with Crippen molar-refractivity contribution in [1.29, 1.82) is 0 Å². The smallest absolute Gasteiger partial charge is 0.223 e. The summed E-state index contributed by atoms with van der Waals surface area (Å²) in [4.78, 5) is 14.7. The molecule has 1 aromatic carbocycles. The number of likely N-dealkylation sites (tertiary alicyclic amines) is 1. The van der Waals surface area contributed by atoms with Gasteiger partial charge >= 0.3 is 0 Å². The first kappa shape index (κ1) is 18.4. The fourth-order valence-electron chi connectivity index (χ4n) is 3.21. The van der Waals surface area contributed by atoms with Gasteiger partial charge in [-0.3, -0.25) is 9.69 Å². The van der Waals surface area contributed by atoms with Crippen LogP contribution in [0.5, 0.6) is 0 Å². The van der Waals surface area contributed by atoms with Gasteiger partial charge in [-0.25, -0.2) is 9.07 Å². The third kappa shape index (κ3) is 4.85. The molecule has 0 spiro atoms. The van der Waals surface area contributed by atoms with Gasteiger partial charge in [0.2, 0.25) is 5.91 Å².